The molecule has 0 aliphatic rings. The van der Waals surface area contributed by atoms with Gasteiger partial charge in [-0.05, 0) is 24.5 Å². The summed E-state index contributed by atoms with van der Waals surface area (Å²) in [5, 5.41) is 9.49. The summed E-state index contributed by atoms with van der Waals surface area (Å²) in [6.07, 6.45) is 4.76. The Morgan fingerprint density at radius 3 is 2.83 bits per heavy atom. The minimum atomic E-state index is -0.248. The van der Waals surface area contributed by atoms with Crippen molar-refractivity contribution < 1.29 is 0 Å². The van der Waals surface area contributed by atoms with Gasteiger partial charge in [-0.2, -0.15) is 10.2 Å². The lowest BCUT2D eigenvalue weighted by Crippen LogP contribution is -2.22. The number of aromatic amines is 1. The first kappa shape index (κ1) is 15.0. The number of hydrogen-bond donors (Lipinski definition) is 1. The van der Waals surface area contributed by atoms with Crippen LogP contribution in [0, 0.1) is 11.3 Å². The number of benzene rings is 1. The Hall–Kier alpha value is -2.87. The van der Waals surface area contributed by atoms with Crippen LogP contribution in [0.15, 0.2) is 47.4 Å². The third-order valence-electron chi connectivity index (χ3n) is 3.81. The first-order valence-electron chi connectivity index (χ1n) is 7.76. The van der Waals surface area contributed by atoms with E-state index in [2.05, 4.69) is 28.2 Å². The van der Waals surface area contributed by atoms with E-state index in [1.807, 2.05) is 30.5 Å². The molecule has 0 unspecified atom stereocenters. The Bertz CT molecular complexity index is 887. The second-order valence-corrected chi connectivity index (χ2v) is 5.59. The van der Waals surface area contributed by atoms with Gasteiger partial charge in [0.1, 0.15) is 5.65 Å². The number of nitrogens with one attached hydrogen (secondary N) is 1. The summed E-state index contributed by atoms with van der Waals surface area (Å²) >= 11 is 0. The lowest BCUT2D eigenvalue weighted by atomic mass is 10.1. The lowest BCUT2D eigenvalue weighted by Gasteiger charge is -2.03. The quantitative estimate of drug-likeness (QED) is 0.711. The van der Waals surface area contributed by atoms with Crippen LogP contribution >= 0.6 is 0 Å². The molecule has 0 amide bonds. The summed E-state index contributed by atoms with van der Waals surface area (Å²) in [4.78, 5) is 19.4. The zero-order valence-electron chi connectivity index (χ0n) is 12.8. The van der Waals surface area contributed by atoms with Gasteiger partial charge in [0, 0.05) is 36.7 Å². The van der Waals surface area contributed by atoms with Crippen LogP contribution in [0.25, 0.3) is 11.0 Å². The maximum absolute atomic E-state index is 12.0. The zero-order chi connectivity index (χ0) is 16.1. The van der Waals surface area contributed by atoms with E-state index in [1.54, 1.807) is 4.57 Å². The topological polar surface area (TPSA) is 74.5 Å². The predicted octanol–water partition coefficient (Wildman–Crippen LogP) is 3.01. The van der Waals surface area contributed by atoms with E-state index in [9.17, 15) is 4.79 Å². The van der Waals surface area contributed by atoms with Crippen LogP contribution in [-0.4, -0.2) is 14.5 Å². The Labute approximate surface area is 134 Å². The van der Waals surface area contributed by atoms with Crippen molar-refractivity contribution in [1.29, 1.82) is 5.26 Å². The van der Waals surface area contributed by atoms with Crippen molar-refractivity contribution in [3.05, 3.63) is 64.3 Å². The van der Waals surface area contributed by atoms with Crippen LogP contribution in [0.1, 0.15) is 30.5 Å². The molecule has 1 aromatic carbocycles. The standard InChI is InChI=1S/C18H18N4O/c19-9-5-2-6-10-22-13-15-12-16(20-17(15)21-18(22)23)11-14-7-3-1-4-8-14/h1,3-4,7-8,12-13H,2,5-6,10-11H2,(H,20,21,23). The van der Waals surface area contributed by atoms with E-state index in [-0.39, 0.29) is 5.69 Å². The van der Waals surface area contributed by atoms with Gasteiger partial charge < -0.3 is 4.98 Å². The number of fused-ring (bicyclic) bond motifs is 1. The summed E-state index contributed by atoms with van der Waals surface area (Å²) in [5.41, 5.74) is 2.64. The van der Waals surface area contributed by atoms with Crippen molar-refractivity contribution in [2.45, 2.75) is 32.2 Å². The molecule has 5 heteroatoms. The molecule has 2 heterocycles. The summed E-state index contributed by atoms with van der Waals surface area (Å²) in [7, 11) is 0. The fourth-order valence-corrected chi connectivity index (χ4v) is 2.65. The molecule has 0 spiro atoms. The van der Waals surface area contributed by atoms with E-state index in [0.717, 1.165) is 30.3 Å². The molecular formula is C18H18N4O. The minimum Gasteiger partial charge on any atom is -0.343 e. The van der Waals surface area contributed by atoms with E-state index in [1.165, 1.54) is 5.56 Å². The Morgan fingerprint density at radius 2 is 2.04 bits per heavy atom. The second kappa shape index (κ2) is 6.93. The molecule has 5 nitrogen and oxygen atoms in total. The molecule has 0 aliphatic carbocycles. The number of H-pyrrole nitrogens is 1. The van der Waals surface area contributed by atoms with Gasteiger partial charge in [0.05, 0.1) is 6.07 Å². The van der Waals surface area contributed by atoms with Crippen molar-refractivity contribution in [1.82, 2.24) is 14.5 Å². The van der Waals surface area contributed by atoms with Gasteiger partial charge in [-0.3, -0.25) is 4.57 Å². The molecule has 2 aromatic heterocycles. The normalized spacial score (nSPS) is 10.7. The molecule has 0 saturated heterocycles. The Balaban J connectivity index is 1.80. The Kier molecular flexibility index (Phi) is 4.53. The predicted molar refractivity (Wildman–Crippen MR) is 89.1 cm³/mol. The van der Waals surface area contributed by atoms with Crippen LogP contribution < -0.4 is 5.69 Å². The van der Waals surface area contributed by atoms with Gasteiger partial charge in [0.15, 0.2) is 0 Å². The zero-order valence-corrected chi connectivity index (χ0v) is 12.8. The van der Waals surface area contributed by atoms with Crippen LogP contribution in [0.5, 0.6) is 0 Å². The van der Waals surface area contributed by atoms with Crippen molar-refractivity contribution in [3.8, 4) is 6.07 Å². The molecule has 3 aromatic rings. The molecule has 3 rings (SSSR count). The van der Waals surface area contributed by atoms with Crippen molar-refractivity contribution in [3.63, 3.8) is 0 Å². The smallest absolute Gasteiger partial charge is 0.343 e. The highest BCUT2D eigenvalue weighted by Gasteiger charge is 2.06. The average Bonchev–Trinajstić information content (AvgIpc) is 2.93. The van der Waals surface area contributed by atoms with Gasteiger partial charge >= 0.3 is 5.69 Å². The number of rotatable bonds is 6. The lowest BCUT2D eigenvalue weighted by molar-refractivity contribution is 0.591. The molecule has 0 fully saturated rings. The molecule has 0 saturated carbocycles. The fourth-order valence-electron chi connectivity index (χ4n) is 2.65. The maximum atomic E-state index is 12.0. The largest absolute Gasteiger partial charge is 0.349 e. The van der Waals surface area contributed by atoms with E-state index in [0.29, 0.717) is 18.6 Å². The van der Waals surface area contributed by atoms with Gasteiger partial charge in [-0.1, -0.05) is 30.3 Å². The van der Waals surface area contributed by atoms with Crippen molar-refractivity contribution in [2.24, 2.45) is 0 Å². The molecule has 0 bridgehead atoms. The molecule has 0 aliphatic heterocycles. The fraction of sp³-hybridized carbons (Fsp3) is 0.278. The monoisotopic (exact) mass is 306 g/mol. The summed E-state index contributed by atoms with van der Waals surface area (Å²) in [6, 6.07) is 14.3. The Morgan fingerprint density at radius 1 is 1.22 bits per heavy atom. The van der Waals surface area contributed by atoms with Crippen LogP contribution in [0.2, 0.25) is 0 Å². The van der Waals surface area contributed by atoms with Gasteiger partial charge in [-0.15, -0.1) is 0 Å². The van der Waals surface area contributed by atoms with Crippen LogP contribution in [0.4, 0.5) is 0 Å². The number of hydrogen-bond acceptors (Lipinski definition) is 3. The number of nitrogens with zero attached hydrogens (tertiary/aromatic N) is 3. The summed E-state index contributed by atoms with van der Waals surface area (Å²) in [6.45, 7) is 0.600. The molecule has 0 radical (unpaired) electrons. The molecular weight excluding hydrogens is 288 g/mol. The van der Waals surface area contributed by atoms with E-state index >= 15 is 0 Å². The highest BCUT2D eigenvalue weighted by molar-refractivity contribution is 5.75. The summed E-state index contributed by atoms with van der Waals surface area (Å²) < 4.78 is 1.62. The van der Waals surface area contributed by atoms with Crippen molar-refractivity contribution in [2.75, 3.05) is 0 Å². The maximum Gasteiger partial charge on any atom is 0.349 e. The second-order valence-electron chi connectivity index (χ2n) is 5.59. The molecule has 0 atom stereocenters. The molecule has 23 heavy (non-hydrogen) atoms. The number of unbranched alkanes of at least 4 members (excludes halogenated alkanes) is 2. The van der Waals surface area contributed by atoms with Gasteiger partial charge in [0.25, 0.3) is 0 Å². The van der Waals surface area contributed by atoms with E-state index in [4.69, 9.17) is 5.26 Å². The number of nitriles is 1. The van der Waals surface area contributed by atoms with Gasteiger partial charge in [0.2, 0.25) is 0 Å². The first-order chi connectivity index (χ1) is 11.3. The number of aromatic nitrogens is 3. The number of aryl methyl sites for hydroxylation is 1. The average molecular weight is 306 g/mol. The van der Waals surface area contributed by atoms with Crippen molar-refractivity contribution >= 4 is 11.0 Å². The van der Waals surface area contributed by atoms with E-state index < -0.39 is 0 Å². The summed E-state index contributed by atoms with van der Waals surface area (Å²) in [5.74, 6) is 0. The minimum absolute atomic E-state index is 0.248. The highest BCUT2D eigenvalue weighted by atomic mass is 16.1. The SMILES string of the molecule is N#CCCCCn1cc2cc(Cc3ccccc3)[nH]c2nc1=O. The van der Waals surface area contributed by atoms with Crippen LogP contribution in [-0.2, 0) is 13.0 Å². The van der Waals surface area contributed by atoms with Gasteiger partial charge in [-0.25, -0.2) is 4.79 Å². The molecule has 116 valence electrons. The van der Waals surface area contributed by atoms with Crippen LogP contribution in [0.3, 0.4) is 0 Å². The highest BCUT2D eigenvalue weighted by Crippen LogP contribution is 2.15. The third-order valence-corrected chi connectivity index (χ3v) is 3.81. The first-order valence-corrected chi connectivity index (χ1v) is 7.76. The molecule has 1 N–H and O–H groups in total. The third kappa shape index (κ3) is 3.67.